The Bertz CT molecular complexity index is 766. The van der Waals surface area contributed by atoms with E-state index in [0.29, 0.717) is 38.5 Å². The highest BCUT2D eigenvalue weighted by atomic mass is 19.4. The van der Waals surface area contributed by atoms with E-state index in [1.54, 1.807) is 24.3 Å². The number of likely N-dealkylation sites (N-methyl/N-ethyl adjacent to an activating group) is 1. The zero-order valence-electron chi connectivity index (χ0n) is 19.4. The van der Waals surface area contributed by atoms with Crippen molar-refractivity contribution in [3.05, 3.63) is 29.8 Å². The van der Waals surface area contributed by atoms with Crippen molar-refractivity contribution in [1.29, 1.82) is 0 Å². The maximum atomic E-state index is 11.7. The van der Waals surface area contributed by atoms with Gasteiger partial charge in [-0.3, -0.25) is 9.59 Å². The Kier molecular flexibility index (Phi) is 13.8. The predicted molar refractivity (Wildman–Crippen MR) is 114 cm³/mol. The molecule has 1 amide bonds. The van der Waals surface area contributed by atoms with Crippen LogP contribution in [0.2, 0.25) is 0 Å². The molecule has 194 valence electrons. The highest BCUT2D eigenvalue weighted by Gasteiger charge is 2.28. The lowest BCUT2D eigenvalue weighted by atomic mass is 10.1. The van der Waals surface area contributed by atoms with Crippen LogP contribution in [0, 0.1) is 0 Å². The number of ether oxygens (including phenoxy) is 2. The largest absolute Gasteiger partial charge is 0.542 e. The van der Waals surface area contributed by atoms with Crippen LogP contribution in [0.4, 0.5) is 13.2 Å². The van der Waals surface area contributed by atoms with Gasteiger partial charge in [0, 0.05) is 6.42 Å². The minimum atomic E-state index is -5.19. The van der Waals surface area contributed by atoms with E-state index in [2.05, 4.69) is 26.5 Å². The highest BCUT2D eigenvalue weighted by molar-refractivity contribution is 5.76. The van der Waals surface area contributed by atoms with Crippen molar-refractivity contribution in [2.24, 2.45) is 5.73 Å². The van der Waals surface area contributed by atoms with E-state index in [0.717, 1.165) is 16.6 Å². The lowest BCUT2D eigenvalue weighted by molar-refractivity contribution is -0.870. The smallest absolute Gasteiger partial charge is 0.430 e. The molecule has 0 saturated carbocycles. The fourth-order valence-corrected chi connectivity index (χ4v) is 2.12. The number of hydrogen-bond acceptors (Lipinski definition) is 7. The molecule has 0 aromatic heterocycles. The Morgan fingerprint density at radius 1 is 1.12 bits per heavy atom. The van der Waals surface area contributed by atoms with Crippen LogP contribution in [-0.2, 0) is 25.5 Å². The number of nitrogens with zero attached hydrogens (tertiary/aromatic N) is 1. The zero-order valence-corrected chi connectivity index (χ0v) is 19.4. The molecule has 10 nitrogen and oxygen atoms in total. The van der Waals surface area contributed by atoms with Gasteiger partial charge >= 0.3 is 12.1 Å². The molecular formula is C21H32F3N3O7. The molecule has 1 atom stereocenters. The van der Waals surface area contributed by atoms with Crippen LogP contribution in [0.15, 0.2) is 24.3 Å². The quantitative estimate of drug-likeness (QED) is 0.246. The van der Waals surface area contributed by atoms with Gasteiger partial charge in [0.2, 0.25) is 5.91 Å². The van der Waals surface area contributed by atoms with Gasteiger partial charge in [0.05, 0.1) is 40.9 Å². The molecule has 0 unspecified atom stereocenters. The average molecular weight is 495 g/mol. The third kappa shape index (κ3) is 16.7. The molecule has 0 aliphatic heterocycles. The Morgan fingerprint density at radius 3 is 2.15 bits per heavy atom. The molecule has 1 aromatic carbocycles. The Balaban J connectivity index is 0.00000135. The summed E-state index contributed by atoms with van der Waals surface area (Å²) < 4.78 is 43.4. The summed E-state index contributed by atoms with van der Waals surface area (Å²) in [5.41, 5.74) is 6.33. The summed E-state index contributed by atoms with van der Waals surface area (Å²) in [5, 5.41) is 20.4. The maximum absolute atomic E-state index is 11.7. The van der Waals surface area contributed by atoms with Crippen molar-refractivity contribution in [1.82, 2.24) is 5.32 Å². The molecular weight excluding hydrogens is 463 g/mol. The van der Waals surface area contributed by atoms with E-state index >= 15 is 0 Å². The normalized spacial score (nSPS) is 12.2. The van der Waals surface area contributed by atoms with Crippen LogP contribution in [0.1, 0.15) is 12.0 Å². The summed E-state index contributed by atoms with van der Waals surface area (Å²) in [4.78, 5) is 31.2. The highest BCUT2D eigenvalue weighted by Crippen LogP contribution is 2.13. The lowest BCUT2D eigenvalue weighted by Gasteiger charge is -2.23. The fourth-order valence-electron chi connectivity index (χ4n) is 2.12. The number of nitrogens with two attached hydrogens (primary N) is 1. The van der Waals surface area contributed by atoms with Crippen molar-refractivity contribution >= 4 is 17.8 Å². The number of quaternary nitrogens is 1. The zero-order chi connectivity index (χ0) is 26.4. The Labute approximate surface area is 196 Å². The molecule has 0 heterocycles. The van der Waals surface area contributed by atoms with E-state index in [1.165, 1.54) is 0 Å². The summed E-state index contributed by atoms with van der Waals surface area (Å²) in [5.74, 6) is -3.44. The summed E-state index contributed by atoms with van der Waals surface area (Å²) in [6.07, 6.45) is -4.60. The number of alkyl halides is 3. The molecule has 0 fully saturated rings. The first kappa shape index (κ1) is 31.1. The predicted octanol–water partition coefficient (Wildman–Crippen LogP) is -0.452. The second-order valence-electron chi connectivity index (χ2n) is 8.15. The monoisotopic (exact) mass is 495 g/mol. The lowest BCUT2D eigenvalue weighted by Crippen LogP contribution is -2.37. The summed E-state index contributed by atoms with van der Waals surface area (Å²) in [6, 6.07) is 6.17. The van der Waals surface area contributed by atoms with Gasteiger partial charge in [-0.25, -0.2) is 0 Å². The van der Waals surface area contributed by atoms with Crippen molar-refractivity contribution < 1.29 is 51.7 Å². The number of carboxylic acids is 2. The van der Waals surface area contributed by atoms with Gasteiger partial charge in [0.15, 0.2) is 0 Å². The first-order valence-corrected chi connectivity index (χ1v) is 10.2. The number of carboxylic acid groups (broad SMARTS) is 2. The van der Waals surface area contributed by atoms with Crippen molar-refractivity contribution in [3.8, 4) is 5.75 Å². The van der Waals surface area contributed by atoms with Crippen LogP contribution < -0.4 is 20.9 Å². The van der Waals surface area contributed by atoms with Gasteiger partial charge in [-0.15, -0.1) is 0 Å². The minimum absolute atomic E-state index is 0.0677. The maximum Gasteiger partial charge on any atom is 0.430 e. The molecule has 1 aromatic rings. The Hall–Kier alpha value is -2.90. The van der Waals surface area contributed by atoms with E-state index in [1.807, 2.05) is 0 Å². The van der Waals surface area contributed by atoms with Crippen molar-refractivity contribution in [2.45, 2.75) is 25.1 Å². The standard InChI is InChI=1S/C19H31N3O5.C2HF3O2/c1-22(2,3)10-13-26-11-8-18(23)21-9-12-27-16-6-4-15(5-7-16)14-17(20)19(24)25;3-2(4,5)1(6)7/h4-7,17H,8-14,20H2,1-3H3,(H-,21,23,24,25);(H,6,7)/t17-;/m0./s1. The van der Waals surface area contributed by atoms with Crippen LogP contribution in [0.25, 0.3) is 0 Å². The van der Waals surface area contributed by atoms with Crippen LogP contribution in [0.3, 0.4) is 0 Å². The summed E-state index contributed by atoms with van der Waals surface area (Å²) in [7, 11) is 6.28. The molecule has 0 saturated heterocycles. The van der Waals surface area contributed by atoms with Gasteiger partial charge in [-0.05, 0) is 24.1 Å². The molecule has 1 rings (SSSR count). The molecule has 4 N–H and O–H groups in total. The fraction of sp³-hybridized carbons (Fsp3) is 0.571. The SMILES string of the molecule is C[N+](C)(C)CCOCCC(=O)NCCOc1ccc(C[C@H](N)C(=O)O)cc1.O=C([O-])C(F)(F)F. The van der Waals surface area contributed by atoms with Gasteiger partial charge in [-0.1, -0.05) is 12.1 Å². The number of nitrogens with one attached hydrogen (secondary N) is 1. The first-order chi connectivity index (χ1) is 15.6. The third-order valence-corrected chi connectivity index (χ3v) is 4.00. The second-order valence-corrected chi connectivity index (χ2v) is 8.15. The number of carbonyl (C=O) groups is 3. The van der Waals surface area contributed by atoms with E-state index < -0.39 is 24.2 Å². The molecule has 0 bridgehead atoms. The van der Waals surface area contributed by atoms with E-state index in [9.17, 15) is 22.8 Å². The number of aliphatic carboxylic acids is 2. The minimum Gasteiger partial charge on any atom is -0.542 e. The van der Waals surface area contributed by atoms with E-state index in [-0.39, 0.29) is 12.3 Å². The van der Waals surface area contributed by atoms with Gasteiger partial charge in [-0.2, -0.15) is 13.2 Å². The number of halogens is 3. The molecule has 13 heteroatoms. The van der Waals surface area contributed by atoms with Gasteiger partial charge in [0.1, 0.15) is 30.9 Å². The molecule has 0 radical (unpaired) electrons. The first-order valence-electron chi connectivity index (χ1n) is 10.2. The Morgan fingerprint density at radius 2 is 1.68 bits per heavy atom. The number of benzene rings is 1. The molecule has 34 heavy (non-hydrogen) atoms. The average Bonchev–Trinajstić information content (AvgIpc) is 2.71. The van der Waals surface area contributed by atoms with E-state index in [4.69, 9.17) is 30.2 Å². The third-order valence-electron chi connectivity index (χ3n) is 4.00. The number of carbonyl (C=O) groups excluding carboxylic acids is 2. The molecule has 0 spiro atoms. The summed E-state index contributed by atoms with van der Waals surface area (Å²) in [6.45, 7) is 2.70. The van der Waals surface area contributed by atoms with Crippen molar-refractivity contribution in [2.75, 3.05) is 54.1 Å². The number of amides is 1. The molecule has 0 aliphatic carbocycles. The number of hydrogen-bond donors (Lipinski definition) is 3. The summed E-state index contributed by atoms with van der Waals surface area (Å²) >= 11 is 0. The van der Waals surface area contributed by atoms with Crippen LogP contribution in [0.5, 0.6) is 5.75 Å². The second kappa shape index (κ2) is 15.1. The van der Waals surface area contributed by atoms with Crippen molar-refractivity contribution in [3.63, 3.8) is 0 Å². The number of rotatable bonds is 13. The van der Waals surface area contributed by atoms with Gasteiger partial charge in [0.25, 0.3) is 0 Å². The van der Waals surface area contributed by atoms with Crippen LogP contribution in [-0.4, -0.2) is 93.7 Å². The topological polar surface area (TPSA) is 151 Å². The van der Waals surface area contributed by atoms with Gasteiger partial charge < -0.3 is 40.0 Å². The van der Waals surface area contributed by atoms with Crippen LogP contribution >= 0.6 is 0 Å². The molecule has 0 aliphatic rings.